The minimum atomic E-state index is 0.828. The maximum absolute atomic E-state index is 4.29. The number of aromatic nitrogens is 3. The summed E-state index contributed by atoms with van der Waals surface area (Å²) in [4.78, 5) is 1.60. The second-order valence-corrected chi connectivity index (χ2v) is 3.14. The van der Waals surface area contributed by atoms with E-state index in [2.05, 4.69) is 16.8 Å². The van der Waals surface area contributed by atoms with Crippen LogP contribution in [0.25, 0.3) is 11.3 Å². The van der Waals surface area contributed by atoms with E-state index in [9.17, 15) is 0 Å². The van der Waals surface area contributed by atoms with Crippen molar-refractivity contribution in [3.05, 3.63) is 48.8 Å². The molecular weight excluding hydrogens is 174 g/mol. The fourth-order valence-electron chi connectivity index (χ4n) is 1.14. The van der Waals surface area contributed by atoms with Crippen LogP contribution in [0.15, 0.2) is 43.1 Å². The summed E-state index contributed by atoms with van der Waals surface area (Å²) in [5.41, 5.74) is 2.71. The Morgan fingerprint density at radius 1 is 1.29 bits per heavy atom. The van der Waals surface area contributed by atoms with Crippen molar-refractivity contribution in [3.63, 3.8) is 0 Å². The fourth-order valence-corrected chi connectivity index (χ4v) is 1.14. The van der Waals surface area contributed by atoms with Crippen LogP contribution in [-0.2, 0) is 0 Å². The third kappa shape index (κ3) is 1.57. The normalized spacial score (nSPS) is 10.1. The molecule has 0 spiro atoms. The van der Waals surface area contributed by atoms with Crippen LogP contribution in [0.2, 0.25) is 0 Å². The van der Waals surface area contributed by atoms with Gasteiger partial charge in [0.1, 0.15) is 5.69 Å². The molecule has 1 heterocycles. The number of hydrogen-bond donors (Lipinski definition) is 0. The molecule has 0 aliphatic rings. The average Bonchev–Trinajstić information content (AvgIpc) is 2.68. The molecule has 3 nitrogen and oxygen atoms in total. The smallest absolute Gasteiger partial charge is 0.108 e. The zero-order chi connectivity index (χ0) is 9.97. The molecule has 0 aliphatic heterocycles. The van der Waals surface area contributed by atoms with Crippen molar-refractivity contribution in [1.29, 1.82) is 0 Å². The first-order valence-electron chi connectivity index (χ1n) is 4.41. The van der Waals surface area contributed by atoms with E-state index < -0.39 is 0 Å². The molecule has 0 aliphatic carbocycles. The van der Waals surface area contributed by atoms with Gasteiger partial charge in [-0.05, 0) is 24.6 Å². The van der Waals surface area contributed by atoms with E-state index >= 15 is 0 Å². The molecule has 0 saturated heterocycles. The molecule has 0 bridgehead atoms. The Morgan fingerprint density at radius 2 is 2.00 bits per heavy atom. The number of allylic oxidation sites excluding steroid dienone is 1. The van der Waals surface area contributed by atoms with Gasteiger partial charge in [-0.25, -0.2) is 0 Å². The monoisotopic (exact) mass is 185 g/mol. The quantitative estimate of drug-likeness (QED) is 0.718. The van der Waals surface area contributed by atoms with Crippen LogP contribution in [0.3, 0.4) is 0 Å². The van der Waals surface area contributed by atoms with Gasteiger partial charge in [-0.1, -0.05) is 24.8 Å². The van der Waals surface area contributed by atoms with Gasteiger partial charge in [0.2, 0.25) is 0 Å². The van der Waals surface area contributed by atoms with Crippen molar-refractivity contribution >= 4 is 5.57 Å². The standard InChI is InChI=1S/C11H11N3/c1-9(2)11-8-12-14(13-11)10-6-4-3-5-7-10/h3-8H,1H2,2H3. The Bertz CT molecular complexity index is 443. The molecule has 0 fully saturated rings. The molecule has 1 aromatic heterocycles. The molecule has 0 radical (unpaired) electrons. The predicted octanol–water partition coefficient (Wildman–Crippen LogP) is 2.30. The zero-order valence-electron chi connectivity index (χ0n) is 8.01. The minimum absolute atomic E-state index is 0.828. The molecule has 0 amide bonds. The molecule has 70 valence electrons. The summed E-state index contributed by atoms with van der Waals surface area (Å²) in [7, 11) is 0. The molecule has 1 aromatic carbocycles. The first kappa shape index (κ1) is 8.69. The van der Waals surface area contributed by atoms with Gasteiger partial charge in [0.15, 0.2) is 0 Å². The lowest BCUT2D eigenvalue weighted by molar-refractivity contribution is 0.749. The SMILES string of the molecule is C=C(C)c1cnn(-c2ccccc2)n1. The summed E-state index contributed by atoms with van der Waals surface area (Å²) < 4.78 is 0. The molecule has 0 saturated carbocycles. The molecule has 14 heavy (non-hydrogen) atoms. The highest BCUT2D eigenvalue weighted by Gasteiger charge is 2.01. The minimum Gasteiger partial charge on any atom is -0.156 e. The van der Waals surface area contributed by atoms with Crippen molar-refractivity contribution < 1.29 is 0 Å². The van der Waals surface area contributed by atoms with E-state index in [1.54, 1.807) is 11.0 Å². The summed E-state index contributed by atoms with van der Waals surface area (Å²) >= 11 is 0. The highest BCUT2D eigenvalue weighted by atomic mass is 15.5. The van der Waals surface area contributed by atoms with Crippen LogP contribution in [0.1, 0.15) is 12.6 Å². The Hall–Kier alpha value is -1.90. The van der Waals surface area contributed by atoms with E-state index in [-0.39, 0.29) is 0 Å². The molecule has 2 aromatic rings. The fraction of sp³-hybridized carbons (Fsp3) is 0.0909. The van der Waals surface area contributed by atoms with Gasteiger partial charge < -0.3 is 0 Å². The first-order chi connectivity index (χ1) is 6.77. The second-order valence-electron chi connectivity index (χ2n) is 3.14. The number of benzene rings is 1. The van der Waals surface area contributed by atoms with Gasteiger partial charge in [-0.15, -0.1) is 5.10 Å². The Balaban J connectivity index is 2.39. The summed E-state index contributed by atoms with van der Waals surface area (Å²) in [6.45, 7) is 5.73. The Kier molecular flexibility index (Phi) is 2.14. The summed E-state index contributed by atoms with van der Waals surface area (Å²) in [6, 6.07) is 9.80. The number of para-hydroxylation sites is 1. The van der Waals surface area contributed by atoms with Gasteiger partial charge in [0, 0.05) is 0 Å². The van der Waals surface area contributed by atoms with Crippen LogP contribution in [-0.4, -0.2) is 15.0 Å². The Labute approximate surface area is 82.7 Å². The topological polar surface area (TPSA) is 30.7 Å². The third-order valence-electron chi connectivity index (χ3n) is 1.92. The van der Waals surface area contributed by atoms with E-state index in [4.69, 9.17) is 0 Å². The maximum atomic E-state index is 4.29. The highest BCUT2D eigenvalue weighted by molar-refractivity contribution is 5.56. The van der Waals surface area contributed by atoms with Crippen LogP contribution < -0.4 is 0 Å². The van der Waals surface area contributed by atoms with Gasteiger partial charge >= 0.3 is 0 Å². The van der Waals surface area contributed by atoms with E-state index in [1.165, 1.54) is 0 Å². The number of nitrogens with zero attached hydrogens (tertiary/aromatic N) is 3. The first-order valence-corrected chi connectivity index (χ1v) is 4.41. The van der Waals surface area contributed by atoms with Crippen molar-refractivity contribution in [1.82, 2.24) is 15.0 Å². The second kappa shape index (κ2) is 3.46. The van der Waals surface area contributed by atoms with E-state index in [0.717, 1.165) is 17.0 Å². The van der Waals surface area contributed by atoms with E-state index in [1.807, 2.05) is 37.3 Å². The zero-order valence-corrected chi connectivity index (χ0v) is 8.01. The number of rotatable bonds is 2. The molecule has 2 rings (SSSR count). The largest absolute Gasteiger partial charge is 0.156 e. The molecule has 3 heteroatoms. The van der Waals surface area contributed by atoms with Crippen molar-refractivity contribution in [2.24, 2.45) is 0 Å². The third-order valence-corrected chi connectivity index (χ3v) is 1.92. The lowest BCUT2D eigenvalue weighted by Gasteiger charge is -1.97. The van der Waals surface area contributed by atoms with E-state index in [0.29, 0.717) is 0 Å². The van der Waals surface area contributed by atoms with Gasteiger partial charge in [0.25, 0.3) is 0 Å². The number of hydrogen-bond acceptors (Lipinski definition) is 2. The average molecular weight is 185 g/mol. The molecule has 0 atom stereocenters. The summed E-state index contributed by atoms with van der Waals surface area (Å²) in [6.07, 6.45) is 1.72. The van der Waals surface area contributed by atoms with Crippen molar-refractivity contribution in [2.45, 2.75) is 6.92 Å². The van der Waals surface area contributed by atoms with Crippen LogP contribution in [0, 0.1) is 0 Å². The van der Waals surface area contributed by atoms with Crippen LogP contribution in [0.5, 0.6) is 0 Å². The lowest BCUT2D eigenvalue weighted by atomic mass is 10.3. The van der Waals surface area contributed by atoms with Crippen molar-refractivity contribution in [3.8, 4) is 5.69 Å². The highest BCUT2D eigenvalue weighted by Crippen LogP contribution is 2.09. The van der Waals surface area contributed by atoms with Crippen molar-refractivity contribution in [2.75, 3.05) is 0 Å². The summed E-state index contributed by atoms with van der Waals surface area (Å²) in [5, 5.41) is 8.44. The summed E-state index contributed by atoms with van der Waals surface area (Å²) in [5.74, 6) is 0. The maximum Gasteiger partial charge on any atom is 0.108 e. The predicted molar refractivity (Wildman–Crippen MR) is 56.1 cm³/mol. The van der Waals surface area contributed by atoms with Crippen LogP contribution in [0.4, 0.5) is 0 Å². The molecule has 0 unspecified atom stereocenters. The van der Waals surface area contributed by atoms with Gasteiger partial charge in [-0.2, -0.15) is 9.90 Å². The Morgan fingerprint density at radius 3 is 2.57 bits per heavy atom. The molecular formula is C11H11N3. The van der Waals surface area contributed by atoms with Gasteiger partial charge in [0.05, 0.1) is 11.9 Å². The lowest BCUT2D eigenvalue weighted by Crippen LogP contribution is -1.98. The van der Waals surface area contributed by atoms with Crippen LogP contribution >= 0.6 is 0 Å². The molecule has 0 N–H and O–H groups in total. The van der Waals surface area contributed by atoms with Gasteiger partial charge in [-0.3, -0.25) is 0 Å².